The van der Waals surface area contributed by atoms with Crippen molar-refractivity contribution >= 4 is 19.5 Å². The number of aromatic amines is 1. The van der Waals surface area contributed by atoms with Crippen LogP contribution in [0, 0.1) is 0 Å². The van der Waals surface area contributed by atoms with Gasteiger partial charge in [0, 0.05) is 18.8 Å². The molecule has 0 bridgehead atoms. The largest absolute Gasteiger partial charge is 0.347 e. The van der Waals surface area contributed by atoms with Crippen LogP contribution in [0.5, 0.6) is 0 Å². The minimum Gasteiger partial charge on any atom is -0.347 e. The van der Waals surface area contributed by atoms with E-state index < -0.39 is 0 Å². The van der Waals surface area contributed by atoms with Crippen LogP contribution < -0.4 is 5.32 Å². The van der Waals surface area contributed by atoms with E-state index in [1.807, 2.05) is 4.81 Å². The van der Waals surface area contributed by atoms with Crippen molar-refractivity contribution in [1.29, 1.82) is 0 Å². The van der Waals surface area contributed by atoms with E-state index in [1.165, 1.54) is 13.6 Å². The summed E-state index contributed by atoms with van der Waals surface area (Å²) in [4.78, 5) is 23.8. The zero-order valence-electron chi connectivity index (χ0n) is 8.72. The van der Waals surface area contributed by atoms with Crippen LogP contribution in [-0.2, 0) is 4.79 Å². The van der Waals surface area contributed by atoms with E-state index in [2.05, 4.69) is 15.5 Å². The first-order chi connectivity index (χ1) is 7.79. The number of nitrogens with zero attached hydrogens (tertiary/aromatic N) is 2. The van der Waals surface area contributed by atoms with Crippen molar-refractivity contribution in [2.75, 3.05) is 13.1 Å². The smallest absolute Gasteiger partial charge is 0.293 e. The average Bonchev–Trinajstić information content (AvgIpc) is 2.89. The minimum atomic E-state index is -0.157. The van der Waals surface area contributed by atoms with Gasteiger partial charge in [-0.2, -0.15) is 5.10 Å². The van der Waals surface area contributed by atoms with Crippen molar-refractivity contribution in [2.24, 2.45) is 0 Å². The normalized spacial score (nSPS) is 20.6. The van der Waals surface area contributed by atoms with Crippen LogP contribution in [0.15, 0.2) is 12.3 Å². The van der Waals surface area contributed by atoms with Crippen molar-refractivity contribution < 1.29 is 9.59 Å². The molecule has 2 N–H and O–H groups in total. The van der Waals surface area contributed by atoms with Crippen molar-refractivity contribution in [3.8, 4) is 0 Å². The number of H-pyrrole nitrogens is 1. The zero-order valence-corrected chi connectivity index (χ0v) is 8.72. The summed E-state index contributed by atoms with van der Waals surface area (Å²) < 4.78 is 0. The Bertz CT molecular complexity index is 368. The lowest BCUT2D eigenvalue weighted by Gasteiger charge is -2.13. The number of amides is 1. The SMILES string of the molecule is O=C[B]N1CC[C@@H](NC(=O)c2ccn[nH]2)C1. The van der Waals surface area contributed by atoms with Gasteiger partial charge in [-0.3, -0.25) is 9.89 Å². The van der Waals surface area contributed by atoms with E-state index >= 15 is 0 Å². The van der Waals surface area contributed by atoms with E-state index in [0.717, 1.165) is 19.2 Å². The van der Waals surface area contributed by atoms with Crippen LogP contribution in [0.3, 0.4) is 0 Å². The second-order valence-electron chi connectivity index (χ2n) is 3.71. The fourth-order valence-electron chi connectivity index (χ4n) is 1.77. The zero-order chi connectivity index (χ0) is 11.4. The number of aromatic nitrogens is 2. The summed E-state index contributed by atoms with van der Waals surface area (Å²) in [6.45, 7) is 1.48. The molecule has 0 aromatic carbocycles. The lowest BCUT2D eigenvalue weighted by Crippen LogP contribution is -2.38. The second kappa shape index (κ2) is 4.93. The summed E-state index contributed by atoms with van der Waals surface area (Å²) in [6.07, 6.45) is 3.15. The molecule has 0 unspecified atom stereocenters. The number of carbonyl (C=O) groups is 2. The molecular formula is C9H12BN4O2. The highest BCUT2D eigenvalue weighted by Crippen LogP contribution is 2.07. The number of hydrogen-bond donors (Lipinski definition) is 2. The fourth-order valence-corrected chi connectivity index (χ4v) is 1.77. The molecule has 0 aliphatic carbocycles. The van der Waals surface area contributed by atoms with E-state index in [1.54, 1.807) is 6.07 Å². The maximum Gasteiger partial charge on any atom is 0.293 e. The Morgan fingerprint density at radius 3 is 3.31 bits per heavy atom. The third kappa shape index (κ3) is 2.49. The number of carbonyl (C=O) groups excluding carboxylic acids is 2. The summed E-state index contributed by atoms with van der Waals surface area (Å²) in [5, 5.41) is 9.20. The molecule has 1 fully saturated rings. The highest BCUT2D eigenvalue weighted by Gasteiger charge is 2.24. The van der Waals surface area contributed by atoms with Gasteiger partial charge < -0.3 is 14.9 Å². The molecule has 1 aromatic rings. The highest BCUT2D eigenvalue weighted by atomic mass is 16.2. The predicted molar refractivity (Wildman–Crippen MR) is 58.5 cm³/mol. The Balaban J connectivity index is 1.83. The van der Waals surface area contributed by atoms with Gasteiger partial charge in [-0.05, 0) is 19.0 Å². The van der Waals surface area contributed by atoms with Gasteiger partial charge in [-0.25, -0.2) is 0 Å². The topological polar surface area (TPSA) is 78.1 Å². The summed E-state index contributed by atoms with van der Waals surface area (Å²) in [5.41, 5.74) is 0.456. The van der Waals surface area contributed by atoms with Gasteiger partial charge in [0.1, 0.15) is 5.69 Å². The van der Waals surface area contributed by atoms with Crippen molar-refractivity contribution in [3.05, 3.63) is 18.0 Å². The summed E-state index contributed by atoms with van der Waals surface area (Å²) in [6, 6.07) is 1.71. The molecule has 1 saturated heterocycles. The minimum absolute atomic E-state index is 0.0898. The van der Waals surface area contributed by atoms with Gasteiger partial charge in [-0.15, -0.1) is 0 Å². The standard InChI is InChI=1S/C9H12BN4O2/c15-6-10-14-4-2-7(5-14)12-9(16)8-1-3-11-13-8/h1,3,6-7H,2,4-5H2,(H,11,13)(H,12,16)/t7-/m1/s1. The molecule has 0 saturated carbocycles. The van der Waals surface area contributed by atoms with Gasteiger partial charge in [0.05, 0.1) is 6.19 Å². The predicted octanol–water partition coefficient (Wildman–Crippen LogP) is -0.977. The molecule has 6 nitrogen and oxygen atoms in total. The van der Waals surface area contributed by atoms with E-state index in [-0.39, 0.29) is 11.9 Å². The van der Waals surface area contributed by atoms with Gasteiger partial charge in [0.25, 0.3) is 13.3 Å². The van der Waals surface area contributed by atoms with E-state index in [0.29, 0.717) is 12.2 Å². The van der Waals surface area contributed by atoms with Gasteiger partial charge in [-0.1, -0.05) is 0 Å². The fraction of sp³-hybridized carbons (Fsp3) is 0.444. The van der Waals surface area contributed by atoms with Crippen LogP contribution in [0.4, 0.5) is 0 Å². The maximum atomic E-state index is 11.6. The highest BCUT2D eigenvalue weighted by molar-refractivity contribution is 6.64. The Kier molecular flexibility index (Phi) is 3.35. The van der Waals surface area contributed by atoms with Crippen molar-refractivity contribution in [3.63, 3.8) is 0 Å². The summed E-state index contributed by atoms with van der Waals surface area (Å²) in [5.74, 6) is -0.157. The Morgan fingerprint density at radius 1 is 1.75 bits per heavy atom. The summed E-state index contributed by atoms with van der Waals surface area (Å²) in [7, 11) is 1.50. The van der Waals surface area contributed by atoms with Gasteiger partial charge in [0.2, 0.25) is 0 Å². The molecule has 1 radical (unpaired) electrons. The third-order valence-corrected chi connectivity index (χ3v) is 2.57. The second-order valence-corrected chi connectivity index (χ2v) is 3.71. The first-order valence-electron chi connectivity index (χ1n) is 5.12. The first-order valence-corrected chi connectivity index (χ1v) is 5.12. The molecule has 16 heavy (non-hydrogen) atoms. The lowest BCUT2D eigenvalue weighted by atomic mass is 9.96. The number of hydrogen-bond acceptors (Lipinski definition) is 4. The van der Waals surface area contributed by atoms with Crippen LogP contribution in [-0.4, -0.2) is 53.6 Å². The van der Waals surface area contributed by atoms with E-state index in [4.69, 9.17) is 0 Å². The first kappa shape index (κ1) is 10.9. The van der Waals surface area contributed by atoms with Crippen molar-refractivity contribution in [1.82, 2.24) is 20.3 Å². The molecule has 83 valence electrons. The summed E-state index contributed by atoms with van der Waals surface area (Å²) >= 11 is 0. The molecule has 2 heterocycles. The maximum absolute atomic E-state index is 11.6. The van der Waals surface area contributed by atoms with Crippen LogP contribution in [0.1, 0.15) is 16.9 Å². The van der Waals surface area contributed by atoms with Crippen LogP contribution in [0.25, 0.3) is 0 Å². The Labute approximate surface area is 93.7 Å². The number of rotatable bonds is 4. The molecule has 1 aromatic heterocycles. The van der Waals surface area contributed by atoms with Crippen LogP contribution >= 0.6 is 0 Å². The monoisotopic (exact) mass is 219 g/mol. The molecule has 1 atom stereocenters. The molecule has 0 spiro atoms. The average molecular weight is 219 g/mol. The Hall–Kier alpha value is -1.63. The van der Waals surface area contributed by atoms with Crippen LogP contribution in [0.2, 0.25) is 0 Å². The lowest BCUT2D eigenvalue weighted by molar-refractivity contribution is 0.0934. The third-order valence-electron chi connectivity index (χ3n) is 2.57. The Morgan fingerprint density at radius 2 is 2.62 bits per heavy atom. The van der Waals surface area contributed by atoms with E-state index in [9.17, 15) is 9.59 Å². The molecular weight excluding hydrogens is 207 g/mol. The molecule has 1 aliphatic heterocycles. The number of nitrogens with one attached hydrogen (secondary N) is 2. The molecule has 1 amide bonds. The molecule has 7 heteroatoms. The molecule has 2 rings (SSSR count). The molecule has 1 aliphatic rings. The quantitative estimate of drug-likeness (QED) is 0.504. The van der Waals surface area contributed by atoms with Crippen molar-refractivity contribution in [2.45, 2.75) is 12.5 Å². The van der Waals surface area contributed by atoms with Gasteiger partial charge >= 0.3 is 0 Å². The van der Waals surface area contributed by atoms with Gasteiger partial charge in [0.15, 0.2) is 0 Å².